The van der Waals surface area contributed by atoms with E-state index in [9.17, 15) is 9.90 Å². The van der Waals surface area contributed by atoms with E-state index in [2.05, 4.69) is 0 Å². The van der Waals surface area contributed by atoms with E-state index < -0.39 is 17.0 Å². The Balaban J connectivity index is 5.12. The zero-order valence-electron chi connectivity index (χ0n) is 9.79. The van der Waals surface area contributed by atoms with E-state index in [-0.39, 0.29) is 5.92 Å². The lowest BCUT2D eigenvalue weighted by Gasteiger charge is -2.43. The normalized spacial score (nSPS) is 18.7. The summed E-state index contributed by atoms with van der Waals surface area (Å²) in [5.74, 6) is -0.958. The van der Waals surface area contributed by atoms with Crippen LogP contribution in [0.25, 0.3) is 0 Å². The molecule has 0 amide bonds. The second kappa shape index (κ2) is 4.30. The Morgan fingerprint density at radius 2 is 1.79 bits per heavy atom. The molecule has 0 aromatic rings. The number of aliphatic hydroxyl groups is 1. The average molecular weight is 202 g/mol. The van der Waals surface area contributed by atoms with Gasteiger partial charge in [0.15, 0.2) is 0 Å². The Labute approximate surface area is 86.1 Å². The molecule has 14 heavy (non-hydrogen) atoms. The van der Waals surface area contributed by atoms with E-state index in [0.29, 0.717) is 6.42 Å². The largest absolute Gasteiger partial charge is 0.481 e. The van der Waals surface area contributed by atoms with Crippen LogP contribution in [0.4, 0.5) is 0 Å². The summed E-state index contributed by atoms with van der Waals surface area (Å²) in [6, 6.07) is 0. The maximum absolute atomic E-state index is 11.1. The van der Waals surface area contributed by atoms with Crippen molar-refractivity contribution in [3.05, 3.63) is 0 Å². The van der Waals surface area contributed by atoms with Gasteiger partial charge in [-0.05, 0) is 26.2 Å². The number of hydrogen-bond donors (Lipinski definition) is 2. The summed E-state index contributed by atoms with van der Waals surface area (Å²) >= 11 is 0. The number of carboxylic acid groups (broad SMARTS) is 1. The Hall–Kier alpha value is -0.570. The Kier molecular flexibility index (Phi) is 4.13. The molecular weight excluding hydrogens is 180 g/mol. The Morgan fingerprint density at radius 3 is 2.00 bits per heavy atom. The first-order chi connectivity index (χ1) is 6.24. The van der Waals surface area contributed by atoms with Crippen LogP contribution in [0.15, 0.2) is 0 Å². The highest BCUT2D eigenvalue weighted by Crippen LogP contribution is 2.40. The van der Waals surface area contributed by atoms with E-state index in [1.54, 1.807) is 13.8 Å². The summed E-state index contributed by atoms with van der Waals surface area (Å²) < 4.78 is 0. The van der Waals surface area contributed by atoms with Crippen molar-refractivity contribution in [3.63, 3.8) is 0 Å². The minimum atomic E-state index is -1.13. The fourth-order valence-electron chi connectivity index (χ4n) is 1.93. The monoisotopic (exact) mass is 202 g/mol. The molecule has 0 aliphatic carbocycles. The van der Waals surface area contributed by atoms with E-state index in [4.69, 9.17) is 5.11 Å². The summed E-state index contributed by atoms with van der Waals surface area (Å²) in [5, 5.41) is 19.5. The van der Waals surface area contributed by atoms with Gasteiger partial charge in [0.25, 0.3) is 0 Å². The standard InChI is InChI=1S/C11H22O3/c1-6-8(3)11(14,7-2)10(4,5)9(12)13/h8,14H,6-7H2,1-5H3,(H,12,13). The molecule has 0 rings (SSSR count). The van der Waals surface area contributed by atoms with Gasteiger partial charge in [-0.3, -0.25) is 4.79 Å². The summed E-state index contributed by atoms with van der Waals surface area (Å²) in [6.07, 6.45) is 1.24. The number of carbonyl (C=O) groups is 1. The molecule has 0 aromatic carbocycles. The molecule has 3 heteroatoms. The molecule has 3 nitrogen and oxygen atoms in total. The van der Waals surface area contributed by atoms with Crippen molar-refractivity contribution in [2.75, 3.05) is 0 Å². The van der Waals surface area contributed by atoms with Crippen LogP contribution in [0.5, 0.6) is 0 Å². The van der Waals surface area contributed by atoms with Crippen LogP contribution < -0.4 is 0 Å². The molecule has 0 fully saturated rings. The van der Waals surface area contributed by atoms with E-state index >= 15 is 0 Å². The van der Waals surface area contributed by atoms with Crippen molar-refractivity contribution in [1.29, 1.82) is 0 Å². The third kappa shape index (κ3) is 1.92. The van der Waals surface area contributed by atoms with E-state index in [0.717, 1.165) is 6.42 Å². The molecule has 84 valence electrons. The average Bonchev–Trinajstić information content (AvgIpc) is 2.14. The van der Waals surface area contributed by atoms with Crippen LogP contribution in [0.1, 0.15) is 47.5 Å². The van der Waals surface area contributed by atoms with Gasteiger partial charge in [-0.25, -0.2) is 0 Å². The maximum atomic E-state index is 11.1. The Morgan fingerprint density at radius 1 is 1.36 bits per heavy atom. The van der Waals surface area contributed by atoms with Gasteiger partial charge in [0.05, 0.1) is 11.0 Å². The van der Waals surface area contributed by atoms with Gasteiger partial charge in [-0.15, -0.1) is 0 Å². The van der Waals surface area contributed by atoms with Gasteiger partial charge in [0, 0.05) is 0 Å². The fourth-order valence-corrected chi connectivity index (χ4v) is 1.93. The first-order valence-electron chi connectivity index (χ1n) is 5.19. The molecule has 0 aromatic heterocycles. The van der Waals surface area contributed by atoms with Crippen LogP contribution in [-0.4, -0.2) is 21.8 Å². The molecule has 0 spiro atoms. The topological polar surface area (TPSA) is 57.5 Å². The Bertz CT molecular complexity index is 211. The minimum Gasteiger partial charge on any atom is -0.481 e. The predicted molar refractivity (Wildman–Crippen MR) is 56.1 cm³/mol. The third-order valence-electron chi connectivity index (χ3n) is 3.58. The highest BCUT2D eigenvalue weighted by molar-refractivity contribution is 5.75. The lowest BCUT2D eigenvalue weighted by molar-refractivity contribution is -0.173. The van der Waals surface area contributed by atoms with Crippen molar-refractivity contribution >= 4 is 5.97 Å². The van der Waals surface area contributed by atoms with E-state index in [1.807, 2.05) is 20.8 Å². The zero-order chi connectivity index (χ0) is 11.6. The molecular formula is C11H22O3. The summed E-state index contributed by atoms with van der Waals surface area (Å²) in [7, 11) is 0. The van der Waals surface area contributed by atoms with Gasteiger partial charge in [-0.2, -0.15) is 0 Å². The molecule has 0 saturated carbocycles. The number of rotatable bonds is 5. The second-order valence-corrected chi connectivity index (χ2v) is 4.52. The zero-order valence-corrected chi connectivity index (χ0v) is 9.79. The molecule has 0 aliphatic heterocycles. The van der Waals surface area contributed by atoms with Crippen LogP contribution in [-0.2, 0) is 4.79 Å². The van der Waals surface area contributed by atoms with Crippen molar-refractivity contribution in [1.82, 2.24) is 0 Å². The highest BCUT2D eigenvalue weighted by Gasteiger charge is 2.50. The van der Waals surface area contributed by atoms with Gasteiger partial charge >= 0.3 is 5.97 Å². The highest BCUT2D eigenvalue weighted by atomic mass is 16.4. The van der Waals surface area contributed by atoms with E-state index in [1.165, 1.54) is 0 Å². The van der Waals surface area contributed by atoms with Gasteiger partial charge in [0.1, 0.15) is 0 Å². The van der Waals surface area contributed by atoms with Gasteiger partial charge in [0.2, 0.25) is 0 Å². The van der Waals surface area contributed by atoms with Gasteiger partial charge in [-0.1, -0.05) is 27.2 Å². The molecule has 0 saturated heterocycles. The first-order valence-corrected chi connectivity index (χ1v) is 5.19. The second-order valence-electron chi connectivity index (χ2n) is 4.52. The molecule has 0 bridgehead atoms. The molecule has 0 aliphatic rings. The number of hydrogen-bond acceptors (Lipinski definition) is 2. The summed E-state index contributed by atoms with van der Waals surface area (Å²) in [4.78, 5) is 11.1. The first kappa shape index (κ1) is 13.4. The summed E-state index contributed by atoms with van der Waals surface area (Å²) in [6.45, 7) is 8.87. The molecule has 0 heterocycles. The van der Waals surface area contributed by atoms with Crippen LogP contribution in [0, 0.1) is 11.3 Å². The van der Waals surface area contributed by atoms with Crippen molar-refractivity contribution in [3.8, 4) is 0 Å². The minimum absolute atomic E-state index is 0.0152. The van der Waals surface area contributed by atoms with Crippen molar-refractivity contribution in [2.24, 2.45) is 11.3 Å². The number of aliphatic carboxylic acids is 1. The SMILES string of the molecule is CCC(C)C(O)(CC)C(C)(C)C(=O)O. The lowest BCUT2D eigenvalue weighted by Crippen LogP contribution is -2.53. The molecule has 2 unspecified atom stereocenters. The lowest BCUT2D eigenvalue weighted by atomic mass is 9.66. The number of carboxylic acids is 1. The molecule has 0 radical (unpaired) electrons. The van der Waals surface area contributed by atoms with Crippen LogP contribution >= 0.6 is 0 Å². The van der Waals surface area contributed by atoms with Crippen molar-refractivity contribution < 1.29 is 15.0 Å². The molecule has 2 atom stereocenters. The van der Waals surface area contributed by atoms with Gasteiger partial charge < -0.3 is 10.2 Å². The van der Waals surface area contributed by atoms with Crippen LogP contribution in [0.2, 0.25) is 0 Å². The van der Waals surface area contributed by atoms with Crippen molar-refractivity contribution in [2.45, 2.75) is 53.1 Å². The predicted octanol–water partition coefficient (Wildman–Crippen LogP) is 2.28. The molecule has 2 N–H and O–H groups in total. The summed E-state index contributed by atoms with van der Waals surface area (Å²) in [5.41, 5.74) is -2.23. The van der Waals surface area contributed by atoms with Crippen LogP contribution in [0.3, 0.4) is 0 Å². The maximum Gasteiger partial charge on any atom is 0.312 e. The quantitative estimate of drug-likeness (QED) is 0.719. The smallest absolute Gasteiger partial charge is 0.312 e. The third-order valence-corrected chi connectivity index (χ3v) is 3.58. The fraction of sp³-hybridized carbons (Fsp3) is 0.909.